The molecule has 0 saturated carbocycles. The van der Waals surface area contributed by atoms with Crippen molar-refractivity contribution in [2.45, 2.75) is 51.0 Å². The average molecular weight is 714 g/mol. The number of benzene rings is 2. The highest BCUT2D eigenvalue weighted by Gasteiger charge is 2.45. The van der Waals surface area contributed by atoms with Gasteiger partial charge in [-0.1, -0.05) is 12.5 Å². The van der Waals surface area contributed by atoms with Gasteiger partial charge in [0.15, 0.2) is 0 Å². The summed E-state index contributed by atoms with van der Waals surface area (Å²) in [4.78, 5) is 74.9. The van der Waals surface area contributed by atoms with Gasteiger partial charge in [-0.2, -0.15) is 8.78 Å². The summed E-state index contributed by atoms with van der Waals surface area (Å²) in [5, 5.41) is 4.80. The van der Waals surface area contributed by atoms with E-state index in [-0.39, 0.29) is 75.0 Å². The van der Waals surface area contributed by atoms with Crippen LogP contribution in [0.4, 0.5) is 27.6 Å². The highest BCUT2D eigenvalue weighted by molar-refractivity contribution is 6.26. The molecule has 270 valence electrons. The van der Waals surface area contributed by atoms with Gasteiger partial charge >= 0.3 is 5.97 Å². The van der Waals surface area contributed by atoms with Crippen molar-refractivity contribution >= 4 is 41.2 Å². The molecule has 2 heterocycles. The molecule has 2 aliphatic rings. The number of nitrogens with zero attached hydrogens (tertiary/aromatic N) is 1. The summed E-state index contributed by atoms with van der Waals surface area (Å²) in [5.41, 5.74) is 0.210. The molecule has 13 nitrogen and oxygen atoms in total. The van der Waals surface area contributed by atoms with Crippen molar-refractivity contribution < 1.29 is 69.7 Å². The first-order valence-electron chi connectivity index (χ1n) is 15.5. The lowest BCUT2D eigenvalue weighted by molar-refractivity contribution is -0.137. The van der Waals surface area contributed by atoms with Crippen molar-refractivity contribution in [3.8, 4) is 5.75 Å². The molecule has 2 N–H and O–H groups in total. The van der Waals surface area contributed by atoms with Gasteiger partial charge in [-0.05, 0) is 31.4 Å². The fourth-order valence-electron chi connectivity index (χ4n) is 5.03. The van der Waals surface area contributed by atoms with Crippen LogP contribution in [0.3, 0.4) is 0 Å². The van der Waals surface area contributed by atoms with Crippen LogP contribution in [-0.2, 0) is 33.4 Å². The summed E-state index contributed by atoms with van der Waals surface area (Å²) in [7, 11) is 0. The summed E-state index contributed by atoms with van der Waals surface area (Å²) in [6.45, 7) is 0.761. The molecule has 0 spiro atoms. The number of hydrogen-bond donors (Lipinski definition) is 2. The van der Waals surface area contributed by atoms with Gasteiger partial charge in [-0.3, -0.25) is 39.0 Å². The maximum Gasteiger partial charge on any atom is 0.313 e. The molecule has 1 saturated heterocycles. The van der Waals surface area contributed by atoms with Crippen molar-refractivity contribution in [3.63, 3.8) is 0 Å². The largest absolute Gasteiger partial charge is 0.420 e. The predicted octanol–water partition coefficient (Wildman–Crippen LogP) is 3.33. The van der Waals surface area contributed by atoms with Gasteiger partial charge in [0, 0.05) is 19.4 Å². The van der Waals surface area contributed by atoms with Crippen LogP contribution in [0.25, 0.3) is 0 Å². The molecule has 18 heteroatoms. The van der Waals surface area contributed by atoms with Crippen molar-refractivity contribution in [1.82, 2.24) is 10.2 Å². The van der Waals surface area contributed by atoms with Gasteiger partial charge in [-0.25, -0.2) is 13.2 Å². The first kappa shape index (κ1) is 38.0. The molecule has 4 rings (SSSR count). The number of unbranched alkanes of at least 4 members (excludes halogenated alkanes) is 2. The third-order valence-electron chi connectivity index (χ3n) is 7.51. The normalized spacial score (nSPS) is 15.7. The Kier molecular flexibility index (Phi) is 13.5. The van der Waals surface area contributed by atoms with Crippen molar-refractivity contribution in [3.05, 3.63) is 58.4 Å². The van der Waals surface area contributed by atoms with Crippen LogP contribution in [-0.4, -0.2) is 86.1 Å². The number of hydrogen-bond acceptors (Lipinski definition) is 10. The number of piperidine rings is 1. The molecule has 1 unspecified atom stereocenters. The summed E-state index contributed by atoms with van der Waals surface area (Å²) < 4.78 is 86.7. The smallest absolute Gasteiger partial charge is 0.313 e. The minimum Gasteiger partial charge on any atom is -0.420 e. The number of carbonyl (C=O) groups is 6. The molecule has 50 heavy (non-hydrogen) atoms. The minimum atomic E-state index is -2.37. The second-order valence-corrected chi connectivity index (χ2v) is 11.0. The van der Waals surface area contributed by atoms with Gasteiger partial charge in [0.25, 0.3) is 11.8 Å². The van der Waals surface area contributed by atoms with Gasteiger partial charge in [0.1, 0.15) is 6.04 Å². The molecule has 2 aromatic carbocycles. The van der Waals surface area contributed by atoms with E-state index in [0.717, 1.165) is 4.90 Å². The van der Waals surface area contributed by atoms with E-state index in [2.05, 4.69) is 15.4 Å². The number of esters is 1. The Balaban J connectivity index is 1.02. The molecule has 0 radical (unpaired) electrons. The molecule has 2 aromatic rings. The zero-order valence-electron chi connectivity index (χ0n) is 26.4. The summed E-state index contributed by atoms with van der Waals surface area (Å²) in [5.74, 6) is -17.3. The molecule has 1 atom stereocenters. The molecule has 2 aliphatic heterocycles. The molecular formula is C32H32F5N3O10. The second kappa shape index (κ2) is 17.7. The number of anilines is 1. The van der Waals surface area contributed by atoms with Crippen molar-refractivity contribution in [1.29, 1.82) is 0 Å². The number of nitrogens with one attached hydrogen (secondary N) is 2. The summed E-state index contributed by atoms with van der Waals surface area (Å²) in [6.07, 6.45) is 1.44. The van der Waals surface area contributed by atoms with E-state index >= 15 is 0 Å². The maximum atomic E-state index is 13.6. The second-order valence-electron chi connectivity index (χ2n) is 11.0. The quantitative estimate of drug-likeness (QED) is 0.0445. The van der Waals surface area contributed by atoms with E-state index in [0.29, 0.717) is 25.9 Å². The average Bonchev–Trinajstić information content (AvgIpc) is 3.34. The molecule has 5 amide bonds. The van der Waals surface area contributed by atoms with Gasteiger partial charge < -0.3 is 24.3 Å². The molecule has 1 fully saturated rings. The number of amides is 5. The highest BCUT2D eigenvalue weighted by atomic mass is 19.2. The standard InChI is InChI=1S/C32H32F5N3O10/c33-24-25(34)27(36)29(28(37)26(24)35)50-22(43)10-12-48-14-16-49-15-13-47-11-3-1-2-7-20(41)38-18-6-4-5-17-23(18)32(46)40(31(17)45)19-8-9-21(42)39-30(19)44/h4-6,19H,1-3,7-16H2,(H,38,41)(H,39,42,44). The molecule has 0 aromatic heterocycles. The fourth-order valence-corrected chi connectivity index (χ4v) is 5.03. The number of imide groups is 2. The van der Waals surface area contributed by atoms with E-state index in [1.54, 1.807) is 0 Å². The lowest BCUT2D eigenvalue weighted by Crippen LogP contribution is -2.54. The van der Waals surface area contributed by atoms with E-state index in [4.69, 9.17) is 14.2 Å². The van der Waals surface area contributed by atoms with E-state index in [9.17, 15) is 50.7 Å². The Bertz CT molecular complexity index is 1630. The summed E-state index contributed by atoms with van der Waals surface area (Å²) >= 11 is 0. The zero-order chi connectivity index (χ0) is 36.4. The number of halogens is 5. The van der Waals surface area contributed by atoms with Gasteiger partial charge in [0.05, 0.1) is 56.3 Å². The Morgan fingerprint density at radius 1 is 0.760 bits per heavy atom. The van der Waals surface area contributed by atoms with Crippen molar-refractivity contribution in [2.75, 3.05) is 45.0 Å². The lowest BCUT2D eigenvalue weighted by Gasteiger charge is -2.27. The third-order valence-corrected chi connectivity index (χ3v) is 7.51. The number of ether oxygens (including phenoxy) is 4. The van der Waals surface area contributed by atoms with E-state index < -0.39 is 76.9 Å². The number of rotatable bonds is 18. The molecule has 0 aliphatic carbocycles. The topological polar surface area (TPSA) is 167 Å². The predicted molar refractivity (Wildman–Crippen MR) is 159 cm³/mol. The Morgan fingerprint density at radius 3 is 2.04 bits per heavy atom. The molecule has 0 bridgehead atoms. The van der Waals surface area contributed by atoms with Crippen LogP contribution < -0.4 is 15.4 Å². The minimum absolute atomic E-state index is 0.00538. The van der Waals surface area contributed by atoms with Crippen LogP contribution in [0.1, 0.15) is 65.7 Å². The van der Waals surface area contributed by atoms with Crippen LogP contribution in [0, 0.1) is 29.1 Å². The number of fused-ring (bicyclic) bond motifs is 1. The van der Waals surface area contributed by atoms with Crippen LogP contribution in [0.2, 0.25) is 0 Å². The van der Waals surface area contributed by atoms with Crippen LogP contribution in [0.5, 0.6) is 5.75 Å². The first-order valence-corrected chi connectivity index (χ1v) is 15.5. The Hall–Kier alpha value is -4.81. The van der Waals surface area contributed by atoms with Gasteiger partial charge in [-0.15, -0.1) is 0 Å². The summed E-state index contributed by atoms with van der Waals surface area (Å²) in [6, 6.07) is 3.33. The third kappa shape index (κ3) is 9.25. The maximum absolute atomic E-state index is 13.6. The van der Waals surface area contributed by atoms with Crippen LogP contribution >= 0.6 is 0 Å². The van der Waals surface area contributed by atoms with E-state index in [1.807, 2.05) is 0 Å². The van der Waals surface area contributed by atoms with Crippen LogP contribution in [0.15, 0.2) is 18.2 Å². The molecular weight excluding hydrogens is 681 g/mol. The monoisotopic (exact) mass is 713 g/mol. The Labute approximate surface area is 281 Å². The SMILES string of the molecule is O=C1CCC(N2C(=O)c3cccc(NC(=O)CCCCCOCCOCCOCCC(=O)Oc4c(F)c(F)c(F)c(F)c4F)c3C2=O)C(=O)N1. The van der Waals surface area contributed by atoms with Gasteiger partial charge in [0.2, 0.25) is 52.6 Å². The van der Waals surface area contributed by atoms with E-state index in [1.165, 1.54) is 18.2 Å². The lowest BCUT2D eigenvalue weighted by atomic mass is 10.0. The van der Waals surface area contributed by atoms with Crippen molar-refractivity contribution in [2.24, 2.45) is 0 Å². The number of carbonyl (C=O) groups excluding carboxylic acids is 6. The first-order chi connectivity index (χ1) is 23.9. The highest BCUT2D eigenvalue weighted by Crippen LogP contribution is 2.33. The fraction of sp³-hybridized carbons (Fsp3) is 0.438. The Morgan fingerprint density at radius 2 is 1.38 bits per heavy atom. The zero-order valence-corrected chi connectivity index (χ0v) is 26.4.